The Kier molecular flexibility index (Phi) is 5.06. The van der Waals surface area contributed by atoms with E-state index in [2.05, 4.69) is 4.74 Å². The minimum Gasteiger partial charge on any atom is -0.469 e. The van der Waals surface area contributed by atoms with Gasteiger partial charge in [-0.1, -0.05) is 0 Å². The fourth-order valence-corrected chi connectivity index (χ4v) is 4.38. The molecule has 2 saturated carbocycles. The molecule has 2 fully saturated rings. The number of Topliss-reactive ketones (excluding diaryl/α,β-unsaturated/α-hetero) is 1. The maximum atomic E-state index is 12.4. The maximum Gasteiger partial charge on any atom is 0.309 e. The predicted molar refractivity (Wildman–Crippen MR) is 77.0 cm³/mol. The van der Waals surface area contributed by atoms with Gasteiger partial charge < -0.3 is 14.2 Å². The number of methoxy groups -OCH3 is 3. The summed E-state index contributed by atoms with van der Waals surface area (Å²) in [6, 6.07) is 0. The summed E-state index contributed by atoms with van der Waals surface area (Å²) in [7, 11) is 3.85. The van der Waals surface area contributed by atoms with Crippen molar-refractivity contribution >= 4 is 23.7 Å². The minimum absolute atomic E-state index is 0.0448. The number of fused-ring (bicyclic) bond motifs is 1. The Bertz CT molecular complexity index is 527. The van der Waals surface area contributed by atoms with E-state index in [9.17, 15) is 19.2 Å². The third kappa shape index (κ3) is 2.84. The molecule has 0 saturated heterocycles. The van der Waals surface area contributed by atoms with Crippen LogP contribution in [0.25, 0.3) is 0 Å². The van der Waals surface area contributed by atoms with Gasteiger partial charge in [0.05, 0.1) is 33.2 Å². The summed E-state index contributed by atoms with van der Waals surface area (Å²) in [6.45, 7) is 0. The molecule has 23 heavy (non-hydrogen) atoms. The van der Waals surface area contributed by atoms with E-state index in [1.807, 2.05) is 0 Å². The number of ketones is 1. The van der Waals surface area contributed by atoms with Gasteiger partial charge in [-0.25, -0.2) is 0 Å². The van der Waals surface area contributed by atoms with Gasteiger partial charge >= 0.3 is 17.9 Å². The lowest BCUT2D eigenvalue weighted by molar-refractivity contribution is -0.152. The molecule has 0 amide bonds. The van der Waals surface area contributed by atoms with Gasteiger partial charge in [0.1, 0.15) is 5.78 Å². The van der Waals surface area contributed by atoms with Crippen molar-refractivity contribution in [2.45, 2.75) is 32.1 Å². The number of hydrogen-bond donors (Lipinski definition) is 0. The second-order valence-electron chi connectivity index (χ2n) is 6.19. The summed E-state index contributed by atoms with van der Waals surface area (Å²) in [5.41, 5.74) is -0.725. The van der Waals surface area contributed by atoms with E-state index in [-0.39, 0.29) is 18.6 Å². The van der Waals surface area contributed by atoms with Crippen LogP contribution in [0.1, 0.15) is 32.1 Å². The Morgan fingerprint density at radius 3 is 2.30 bits per heavy atom. The summed E-state index contributed by atoms with van der Waals surface area (Å²) in [4.78, 5) is 48.2. The van der Waals surface area contributed by atoms with Crippen LogP contribution in [-0.4, -0.2) is 45.0 Å². The van der Waals surface area contributed by atoms with Crippen molar-refractivity contribution in [3.63, 3.8) is 0 Å². The quantitative estimate of drug-likeness (QED) is 0.547. The summed E-state index contributed by atoms with van der Waals surface area (Å²) in [5.74, 6) is -3.21. The smallest absolute Gasteiger partial charge is 0.309 e. The van der Waals surface area contributed by atoms with Crippen LogP contribution in [0.2, 0.25) is 0 Å². The van der Waals surface area contributed by atoms with Crippen LogP contribution in [0.15, 0.2) is 0 Å². The van der Waals surface area contributed by atoms with Gasteiger partial charge in [-0.05, 0) is 24.7 Å². The zero-order chi connectivity index (χ0) is 17.2. The standard InChI is InChI=1S/C16H22O7/c1-21-12(18)5-7-16-6-4-11(17)13(16)9(14(19)22-2)8-10(16)15(20)23-3/h9-10,13H,4-8H2,1-3H3/t9-,10-,13?,16-/m0/s1. The molecule has 0 radical (unpaired) electrons. The average molecular weight is 326 g/mol. The van der Waals surface area contributed by atoms with E-state index in [4.69, 9.17) is 9.47 Å². The van der Waals surface area contributed by atoms with Crippen molar-refractivity contribution in [2.75, 3.05) is 21.3 Å². The zero-order valence-electron chi connectivity index (χ0n) is 13.6. The van der Waals surface area contributed by atoms with Gasteiger partial charge in [0.2, 0.25) is 0 Å². The number of ether oxygens (including phenoxy) is 3. The highest BCUT2D eigenvalue weighted by atomic mass is 16.5. The third-order valence-electron chi connectivity index (χ3n) is 5.40. The second kappa shape index (κ2) is 6.68. The molecule has 4 atom stereocenters. The van der Waals surface area contributed by atoms with Crippen LogP contribution in [0.4, 0.5) is 0 Å². The van der Waals surface area contributed by atoms with E-state index >= 15 is 0 Å². The van der Waals surface area contributed by atoms with Crippen LogP contribution in [0.3, 0.4) is 0 Å². The fourth-order valence-electron chi connectivity index (χ4n) is 4.38. The van der Waals surface area contributed by atoms with Crippen LogP contribution in [0.5, 0.6) is 0 Å². The van der Waals surface area contributed by atoms with Crippen molar-refractivity contribution in [1.29, 1.82) is 0 Å². The molecule has 2 aliphatic carbocycles. The van der Waals surface area contributed by atoms with E-state index in [0.717, 1.165) is 0 Å². The van der Waals surface area contributed by atoms with Gasteiger partial charge in [-0.2, -0.15) is 0 Å². The number of hydrogen-bond acceptors (Lipinski definition) is 7. The Balaban J connectivity index is 2.38. The van der Waals surface area contributed by atoms with Gasteiger partial charge in [0.25, 0.3) is 0 Å². The highest BCUT2D eigenvalue weighted by molar-refractivity contribution is 5.92. The molecule has 0 bridgehead atoms. The number of esters is 3. The van der Waals surface area contributed by atoms with Crippen LogP contribution < -0.4 is 0 Å². The summed E-state index contributed by atoms with van der Waals surface area (Å²) in [6.07, 6.45) is 1.41. The van der Waals surface area contributed by atoms with Crippen molar-refractivity contribution in [1.82, 2.24) is 0 Å². The van der Waals surface area contributed by atoms with Crippen LogP contribution in [0, 0.1) is 23.2 Å². The van der Waals surface area contributed by atoms with Gasteiger partial charge in [-0.3, -0.25) is 19.2 Å². The Hall–Kier alpha value is -1.92. The summed E-state index contributed by atoms with van der Waals surface area (Å²) in [5, 5.41) is 0. The van der Waals surface area contributed by atoms with Crippen molar-refractivity contribution < 1.29 is 33.4 Å². The minimum atomic E-state index is -0.725. The van der Waals surface area contributed by atoms with Crippen molar-refractivity contribution in [3.05, 3.63) is 0 Å². The summed E-state index contributed by atoms with van der Waals surface area (Å²) >= 11 is 0. The SMILES string of the molecule is COC(=O)CC[C@]12CCC(=O)C1[C@@H](C(=O)OC)C[C@H]2C(=O)OC. The first-order valence-corrected chi connectivity index (χ1v) is 7.66. The van der Waals surface area contributed by atoms with E-state index in [0.29, 0.717) is 19.3 Å². The van der Waals surface area contributed by atoms with Crippen LogP contribution >= 0.6 is 0 Å². The van der Waals surface area contributed by atoms with E-state index in [1.54, 1.807) is 0 Å². The molecule has 0 aliphatic heterocycles. The maximum absolute atomic E-state index is 12.4. The Labute approximate surface area is 134 Å². The predicted octanol–water partition coefficient (Wildman–Crippen LogP) is 0.887. The van der Waals surface area contributed by atoms with Crippen molar-refractivity contribution in [3.8, 4) is 0 Å². The zero-order valence-corrected chi connectivity index (χ0v) is 13.6. The fraction of sp³-hybridized carbons (Fsp3) is 0.750. The van der Waals surface area contributed by atoms with Crippen LogP contribution in [-0.2, 0) is 33.4 Å². The lowest BCUT2D eigenvalue weighted by atomic mass is 9.69. The molecule has 0 aromatic heterocycles. The first-order valence-electron chi connectivity index (χ1n) is 7.66. The monoisotopic (exact) mass is 326 g/mol. The van der Waals surface area contributed by atoms with Crippen molar-refractivity contribution in [2.24, 2.45) is 23.2 Å². The molecule has 0 heterocycles. The first kappa shape index (κ1) is 17.4. The number of rotatable bonds is 5. The topological polar surface area (TPSA) is 96.0 Å². The molecular weight excluding hydrogens is 304 g/mol. The van der Waals surface area contributed by atoms with Gasteiger partial charge in [0, 0.05) is 18.8 Å². The molecule has 128 valence electrons. The molecule has 0 N–H and O–H groups in total. The molecule has 2 aliphatic rings. The van der Waals surface area contributed by atoms with Gasteiger partial charge in [0.15, 0.2) is 0 Å². The molecule has 7 nitrogen and oxygen atoms in total. The first-order chi connectivity index (χ1) is 10.9. The molecular formula is C16H22O7. The average Bonchev–Trinajstić information content (AvgIpc) is 3.07. The second-order valence-corrected chi connectivity index (χ2v) is 6.19. The van der Waals surface area contributed by atoms with Gasteiger partial charge in [-0.15, -0.1) is 0 Å². The van der Waals surface area contributed by atoms with E-state index in [1.165, 1.54) is 21.3 Å². The lowest BCUT2D eigenvalue weighted by Gasteiger charge is -2.33. The molecule has 0 spiro atoms. The highest BCUT2D eigenvalue weighted by Gasteiger charge is 2.64. The molecule has 0 aromatic rings. The highest BCUT2D eigenvalue weighted by Crippen LogP contribution is 2.61. The molecule has 0 aromatic carbocycles. The normalized spacial score (nSPS) is 32.3. The molecule has 7 heteroatoms. The molecule has 1 unspecified atom stereocenters. The Morgan fingerprint density at radius 2 is 1.74 bits per heavy atom. The third-order valence-corrected chi connectivity index (χ3v) is 5.40. The lowest BCUT2D eigenvalue weighted by Crippen LogP contribution is -2.37. The number of carbonyl (C=O) groups is 4. The number of carbonyl (C=O) groups excluding carboxylic acids is 4. The summed E-state index contributed by atoms with van der Waals surface area (Å²) < 4.78 is 14.4. The van der Waals surface area contributed by atoms with E-state index < -0.39 is 41.1 Å². The Morgan fingerprint density at radius 1 is 1.09 bits per heavy atom. The largest absolute Gasteiger partial charge is 0.469 e. The molecule has 2 rings (SSSR count).